The second kappa shape index (κ2) is 4.41. The molecule has 0 fully saturated rings. The summed E-state index contributed by atoms with van der Waals surface area (Å²) < 4.78 is 24.8. The third kappa shape index (κ3) is 3.03. The molecule has 1 atom stereocenters. The summed E-state index contributed by atoms with van der Waals surface area (Å²) in [6, 6.07) is 0. The molecule has 1 aromatic heterocycles. The van der Waals surface area contributed by atoms with Crippen LogP contribution >= 0.6 is 0 Å². The Morgan fingerprint density at radius 3 is 2.87 bits per heavy atom. The SMILES string of the molecule is CC(C(=O)O)S(=O)(=O)NCc1ncc[nH]1. The van der Waals surface area contributed by atoms with Crippen LogP contribution in [0.1, 0.15) is 12.7 Å². The van der Waals surface area contributed by atoms with E-state index in [1.807, 2.05) is 0 Å². The predicted octanol–water partition coefficient (Wildman–Crippen LogP) is -0.698. The van der Waals surface area contributed by atoms with Gasteiger partial charge in [-0.05, 0) is 6.92 Å². The van der Waals surface area contributed by atoms with Gasteiger partial charge in [-0.2, -0.15) is 0 Å². The van der Waals surface area contributed by atoms with Gasteiger partial charge in [0.15, 0.2) is 5.25 Å². The molecule has 0 radical (unpaired) electrons. The van der Waals surface area contributed by atoms with Gasteiger partial charge in [0, 0.05) is 12.4 Å². The van der Waals surface area contributed by atoms with Crippen molar-refractivity contribution in [2.45, 2.75) is 18.7 Å². The van der Waals surface area contributed by atoms with Crippen molar-refractivity contribution in [1.82, 2.24) is 14.7 Å². The van der Waals surface area contributed by atoms with E-state index in [2.05, 4.69) is 14.7 Å². The molecule has 1 rings (SSSR count). The van der Waals surface area contributed by atoms with Crippen LogP contribution in [0.15, 0.2) is 12.4 Å². The molecule has 1 unspecified atom stereocenters. The van der Waals surface area contributed by atoms with E-state index in [-0.39, 0.29) is 6.54 Å². The number of nitrogens with zero attached hydrogens (tertiary/aromatic N) is 1. The maximum atomic E-state index is 11.3. The van der Waals surface area contributed by atoms with Gasteiger partial charge in [-0.3, -0.25) is 4.79 Å². The Morgan fingerprint density at radius 2 is 2.40 bits per heavy atom. The van der Waals surface area contributed by atoms with Gasteiger partial charge in [0.2, 0.25) is 10.0 Å². The van der Waals surface area contributed by atoms with Gasteiger partial charge in [-0.15, -0.1) is 0 Å². The van der Waals surface area contributed by atoms with Gasteiger partial charge < -0.3 is 10.1 Å². The van der Waals surface area contributed by atoms with Crippen molar-refractivity contribution in [3.63, 3.8) is 0 Å². The number of carboxylic acids is 1. The van der Waals surface area contributed by atoms with E-state index in [0.29, 0.717) is 5.82 Å². The van der Waals surface area contributed by atoms with Crippen molar-refractivity contribution in [3.8, 4) is 0 Å². The van der Waals surface area contributed by atoms with Gasteiger partial charge in [0.05, 0.1) is 6.54 Å². The Morgan fingerprint density at radius 1 is 1.73 bits per heavy atom. The molecule has 3 N–H and O–H groups in total. The van der Waals surface area contributed by atoms with Crippen molar-refractivity contribution in [1.29, 1.82) is 0 Å². The van der Waals surface area contributed by atoms with Crippen LogP contribution in [0.2, 0.25) is 0 Å². The van der Waals surface area contributed by atoms with Crippen molar-refractivity contribution < 1.29 is 18.3 Å². The lowest BCUT2D eigenvalue weighted by Crippen LogP contribution is -2.37. The van der Waals surface area contributed by atoms with E-state index in [9.17, 15) is 13.2 Å². The second-order valence-corrected chi connectivity index (χ2v) is 4.97. The van der Waals surface area contributed by atoms with Gasteiger partial charge >= 0.3 is 5.97 Å². The van der Waals surface area contributed by atoms with Crippen LogP contribution in [0.4, 0.5) is 0 Å². The third-order valence-electron chi connectivity index (χ3n) is 1.81. The Balaban J connectivity index is 2.62. The number of aromatic nitrogens is 2. The summed E-state index contributed by atoms with van der Waals surface area (Å²) in [5.74, 6) is -0.960. The fourth-order valence-corrected chi connectivity index (χ4v) is 1.67. The maximum absolute atomic E-state index is 11.3. The zero-order valence-electron chi connectivity index (χ0n) is 7.97. The molecule has 0 aliphatic heterocycles. The number of rotatable bonds is 5. The Bertz CT molecular complexity index is 425. The standard InChI is InChI=1S/C7H11N3O4S/c1-5(7(11)12)15(13,14)10-4-6-8-2-3-9-6/h2-3,5,10H,4H2,1H3,(H,8,9)(H,11,12). The summed E-state index contributed by atoms with van der Waals surface area (Å²) in [6.07, 6.45) is 3.02. The molecule has 0 amide bonds. The first-order chi connectivity index (χ1) is 6.93. The normalized spacial score (nSPS) is 13.7. The number of nitrogens with one attached hydrogen (secondary N) is 2. The number of sulfonamides is 1. The van der Waals surface area contributed by atoms with E-state index in [0.717, 1.165) is 6.92 Å². The van der Waals surface area contributed by atoms with Gasteiger partial charge in [-0.25, -0.2) is 18.1 Å². The first-order valence-corrected chi connectivity index (χ1v) is 5.67. The molecule has 0 spiro atoms. The molecule has 8 heteroatoms. The smallest absolute Gasteiger partial charge is 0.323 e. The molecule has 0 aliphatic carbocycles. The van der Waals surface area contributed by atoms with E-state index >= 15 is 0 Å². The molecule has 0 aromatic carbocycles. The lowest BCUT2D eigenvalue weighted by molar-refractivity contribution is -0.136. The number of hydrogen-bond donors (Lipinski definition) is 3. The van der Waals surface area contributed by atoms with Gasteiger partial charge in [0.25, 0.3) is 0 Å². The number of carbonyl (C=O) groups is 1. The summed E-state index contributed by atoms with van der Waals surface area (Å²) in [5, 5.41) is 7.05. The van der Waals surface area contributed by atoms with Crippen LogP contribution < -0.4 is 4.72 Å². The van der Waals surface area contributed by atoms with Crippen molar-refractivity contribution in [2.24, 2.45) is 0 Å². The summed E-state index contributed by atoms with van der Waals surface area (Å²) in [4.78, 5) is 17.0. The van der Waals surface area contributed by atoms with Crippen LogP contribution in [0.5, 0.6) is 0 Å². The second-order valence-electron chi connectivity index (χ2n) is 2.88. The topological polar surface area (TPSA) is 112 Å². The van der Waals surface area contributed by atoms with Crippen LogP contribution in [0, 0.1) is 0 Å². The highest BCUT2D eigenvalue weighted by Crippen LogP contribution is 1.99. The molecule has 0 bridgehead atoms. The van der Waals surface area contributed by atoms with Crippen LogP contribution in [0.25, 0.3) is 0 Å². The lowest BCUT2D eigenvalue weighted by Gasteiger charge is -2.08. The molecule has 15 heavy (non-hydrogen) atoms. The Kier molecular flexibility index (Phi) is 3.43. The molecule has 7 nitrogen and oxygen atoms in total. The lowest BCUT2D eigenvalue weighted by atomic mass is 10.5. The average molecular weight is 233 g/mol. The molecule has 84 valence electrons. The highest BCUT2D eigenvalue weighted by molar-refractivity contribution is 7.90. The maximum Gasteiger partial charge on any atom is 0.323 e. The number of carboxylic acid groups (broad SMARTS) is 1. The number of H-pyrrole nitrogens is 1. The molecular weight excluding hydrogens is 222 g/mol. The number of imidazole rings is 1. The van der Waals surface area contributed by atoms with E-state index in [1.165, 1.54) is 6.20 Å². The van der Waals surface area contributed by atoms with Crippen LogP contribution in [0.3, 0.4) is 0 Å². The quantitative estimate of drug-likeness (QED) is 0.622. The Labute approximate surface area is 86.6 Å². The minimum absolute atomic E-state index is 0.0487. The van der Waals surface area contributed by atoms with Crippen molar-refractivity contribution in [3.05, 3.63) is 18.2 Å². The van der Waals surface area contributed by atoms with E-state index in [1.54, 1.807) is 6.20 Å². The predicted molar refractivity (Wildman–Crippen MR) is 51.4 cm³/mol. The highest BCUT2D eigenvalue weighted by Gasteiger charge is 2.27. The fraction of sp³-hybridized carbons (Fsp3) is 0.429. The zero-order chi connectivity index (χ0) is 11.5. The summed E-state index contributed by atoms with van der Waals surface area (Å²) >= 11 is 0. The molecule has 0 aliphatic rings. The van der Waals surface area contributed by atoms with E-state index < -0.39 is 21.2 Å². The fourth-order valence-electron chi connectivity index (χ4n) is 0.821. The van der Waals surface area contributed by atoms with Crippen molar-refractivity contribution in [2.75, 3.05) is 0 Å². The summed E-state index contributed by atoms with van der Waals surface area (Å²) in [7, 11) is -3.85. The van der Waals surface area contributed by atoms with Crippen LogP contribution in [-0.2, 0) is 21.4 Å². The minimum Gasteiger partial charge on any atom is -0.480 e. The van der Waals surface area contributed by atoms with Crippen molar-refractivity contribution >= 4 is 16.0 Å². The third-order valence-corrected chi connectivity index (χ3v) is 3.49. The molecule has 0 saturated carbocycles. The molecule has 1 aromatic rings. The number of hydrogen-bond acceptors (Lipinski definition) is 4. The number of aromatic amines is 1. The summed E-state index contributed by atoms with van der Waals surface area (Å²) in [6.45, 7) is 1.06. The monoisotopic (exact) mass is 233 g/mol. The van der Waals surface area contributed by atoms with Gasteiger partial charge in [0.1, 0.15) is 5.82 Å². The minimum atomic E-state index is -3.85. The highest BCUT2D eigenvalue weighted by atomic mass is 32.2. The first-order valence-electron chi connectivity index (χ1n) is 4.13. The Hall–Kier alpha value is -1.41. The molecular formula is C7H11N3O4S. The summed E-state index contributed by atoms with van der Waals surface area (Å²) in [5.41, 5.74) is 0. The zero-order valence-corrected chi connectivity index (χ0v) is 8.78. The average Bonchev–Trinajstić information content (AvgIpc) is 2.66. The van der Waals surface area contributed by atoms with E-state index in [4.69, 9.17) is 5.11 Å². The van der Waals surface area contributed by atoms with Crippen LogP contribution in [-0.4, -0.2) is 34.7 Å². The van der Waals surface area contributed by atoms with Gasteiger partial charge in [-0.1, -0.05) is 0 Å². The largest absolute Gasteiger partial charge is 0.480 e. The first kappa shape index (κ1) is 11.7. The molecule has 1 heterocycles. The molecule has 0 saturated heterocycles. The number of aliphatic carboxylic acids is 1.